The van der Waals surface area contributed by atoms with E-state index < -0.39 is 0 Å². The lowest BCUT2D eigenvalue weighted by molar-refractivity contribution is 0.474. The molecule has 0 saturated heterocycles. The van der Waals surface area contributed by atoms with Gasteiger partial charge in [-0.1, -0.05) is 24.6 Å². The third kappa shape index (κ3) is 4.49. The topological polar surface area (TPSA) is 12.0 Å². The van der Waals surface area contributed by atoms with E-state index in [2.05, 4.69) is 11.9 Å². The normalized spacial score (nSPS) is 12.4. The highest BCUT2D eigenvalue weighted by atomic mass is 35.5. The molecule has 1 atom stereocenters. The van der Waals surface area contributed by atoms with Crippen LogP contribution in [-0.4, -0.2) is 6.54 Å². The average Bonchev–Trinajstić information content (AvgIpc) is 2.32. The van der Waals surface area contributed by atoms with Crippen LogP contribution in [0, 0.1) is 5.82 Å². The summed E-state index contributed by atoms with van der Waals surface area (Å²) in [6, 6.07) is 4.74. The molecule has 0 spiro atoms. The maximum atomic E-state index is 13.7. The van der Waals surface area contributed by atoms with Gasteiger partial charge in [0.05, 0.1) is 0 Å². The van der Waals surface area contributed by atoms with E-state index in [4.69, 9.17) is 11.6 Å². The summed E-state index contributed by atoms with van der Waals surface area (Å²) in [6.45, 7) is 6.52. The van der Waals surface area contributed by atoms with Crippen LogP contribution < -0.4 is 5.32 Å². The summed E-state index contributed by atoms with van der Waals surface area (Å²) in [5.74, 6) is -0.195. The second kappa shape index (κ2) is 7.46. The highest BCUT2D eigenvalue weighted by Crippen LogP contribution is 2.25. The predicted octanol–water partition coefficient (Wildman–Crippen LogP) is 4.49. The molecule has 1 unspecified atom stereocenters. The van der Waals surface area contributed by atoms with Crippen LogP contribution in [0.15, 0.2) is 30.9 Å². The fraction of sp³-hybridized carbons (Fsp3) is 0.429. The first kappa shape index (κ1) is 14.2. The molecule has 0 aliphatic rings. The molecule has 0 amide bonds. The van der Waals surface area contributed by atoms with Crippen LogP contribution in [-0.2, 0) is 0 Å². The zero-order valence-corrected chi connectivity index (χ0v) is 10.9. The summed E-state index contributed by atoms with van der Waals surface area (Å²) < 4.78 is 13.7. The first-order valence-corrected chi connectivity index (χ1v) is 6.36. The van der Waals surface area contributed by atoms with Gasteiger partial charge in [0.1, 0.15) is 5.82 Å². The van der Waals surface area contributed by atoms with Crippen LogP contribution in [0.1, 0.15) is 37.8 Å². The third-order valence-electron chi connectivity index (χ3n) is 2.69. The molecule has 3 heteroatoms. The van der Waals surface area contributed by atoms with Gasteiger partial charge in [0.2, 0.25) is 0 Å². The Morgan fingerprint density at radius 3 is 2.94 bits per heavy atom. The number of allylic oxidation sites excluding steroid dienone is 1. The van der Waals surface area contributed by atoms with Crippen molar-refractivity contribution < 1.29 is 4.39 Å². The van der Waals surface area contributed by atoms with Crippen LogP contribution in [0.2, 0.25) is 5.02 Å². The number of halogens is 2. The molecule has 0 aromatic heterocycles. The van der Waals surface area contributed by atoms with Crippen LogP contribution in [0.25, 0.3) is 0 Å². The van der Waals surface area contributed by atoms with Crippen LogP contribution in [0.3, 0.4) is 0 Å². The van der Waals surface area contributed by atoms with Crippen molar-refractivity contribution in [3.05, 3.63) is 47.3 Å². The quantitative estimate of drug-likeness (QED) is 0.559. The van der Waals surface area contributed by atoms with E-state index in [0.717, 1.165) is 25.8 Å². The van der Waals surface area contributed by atoms with Crippen molar-refractivity contribution in [2.45, 2.75) is 32.2 Å². The fourth-order valence-electron chi connectivity index (χ4n) is 1.86. The fourth-order valence-corrected chi connectivity index (χ4v) is 2.04. The Labute approximate surface area is 108 Å². The molecule has 1 aromatic rings. The molecule has 0 radical (unpaired) electrons. The minimum absolute atomic E-state index is 0.0265. The lowest BCUT2D eigenvalue weighted by Gasteiger charge is -2.19. The summed E-state index contributed by atoms with van der Waals surface area (Å²) in [5.41, 5.74) is 0.656. The summed E-state index contributed by atoms with van der Waals surface area (Å²) >= 11 is 5.91. The van der Waals surface area contributed by atoms with Gasteiger partial charge in [0.25, 0.3) is 0 Å². The minimum Gasteiger partial charge on any atom is -0.310 e. The van der Waals surface area contributed by atoms with E-state index in [1.165, 1.54) is 6.07 Å². The lowest BCUT2D eigenvalue weighted by Crippen LogP contribution is -2.21. The molecule has 0 aliphatic carbocycles. The van der Waals surface area contributed by atoms with Gasteiger partial charge >= 0.3 is 0 Å². The molecular formula is C14H19ClFN. The number of rotatable bonds is 7. The Bertz CT molecular complexity index is 365. The lowest BCUT2D eigenvalue weighted by atomic mass is 10.0. The van der Waals surface area contributed by atoms with Crippen molar-refractivity contribution in [2.24, 2.45) is 0 Å². The summed E-state index contributed by atoms with van der Waals surface area (Å²) in [4.78, 5) is 0. The number of benzene rings is 1. The number of nitrogens with one attached hydrogen (secondary N) is 1. The highest BCUT2D eigenvalue weighted by Gasteiger charge is 2.14. The molecule has 0 fully saturated rings. The SMILES string of the molecule is C=CCCCC(NCC)c1cc(Cl)ccc1F. The molecule has 1 rings (SSSR count). The first-order chi connectivity index (χ1) is 8.19. The molecule has 0 heterocycles. The molecule has 17 heavy (non-hydrogen) atoms. The minimum atomic E-state index is -0.195. The maximum absolute atomic E-state index is 13.7. The van der Waals surface area contributed by atoms with E-state index in [1.54, 1.807) is 12.1 Å². The van der Waals surface area contributed by atoms with E-state index in [0.29, 0.717) is 10.6 Å². The van der Waals surface area contributed by atoms with E-state index in [9.17, 15) is 4.39 Å². The Kier molecular flexibility index (Phi) is 6.23. The van der Waals surface area contributed by atoms with Crippen molar-refractivity contribution in [3.8, 4) is 0 Å². The van der Waals surface area contributed by atoms with Gasteiger partial charge < -0.3 is 5.32 Å². The first-order valence-electron chi connectivity index (χ1n) is 5.98. The molecule has 0 aliphatic heterocycles. The summed E-state index contributed by atoms with van der Waals surface area (Å²) in [6.07, 6.45) is 4.71. The Balaban J connectivity index is 2.80. The van der Waals surface area contributed by atoms with Crippen molar-refractivity contribution in [1.29, 1.82) is 0 Å². The summed E-state index contributed by atoms with van der Waals surface area (Å²) in [5, 5.41) is 3.87. The van der Waals surface area contributed by atoms with Crippen LogP contribution in [0.5, 0.6) is 0 Å². The van der Waals surface area contributed by atoms with Gasteiger partial charge in [-0.3, -0.25) is 0 Å². The second-order valence-electron chi connectivity index (χ2n) is 4.00. The standard InChI is InChI=1S/C14H19ClFN/c1-3-5-6-7-14(17-4-2)12-10-11(15)8-9-13(12)16/h3,8-10,14,17H,1,4-7H2,2H3. The largest absolute Gasteiger partial charge is 0.310 e. The van der Waals surface area contributed by atoms with Gasteiger partial charge in [-0.05, 0) is 44.0 Å². The molecule has 1 nitrogen and oxygen atoms in total. The second-order valence-corrected chi connectivity index (χ2v) is 4.43. The van der Waals surface area contributed by atoms with E-state index >= 15 is 0 Å². The summed E-state index contributed by atoms with van der Waals surface area (Å²) in [7, 11) is 0. The Morgan fingerprint density at radius 2 is 2.29 bits per heavy atom. The molecular weight excluding hydrogens is 237 g/mol. The molecule has 0 bridgehead atoms. The molecule has 0 saturated carbocycles. The highest BCUT2D eigenvalue weighted by molar-refractivity contribution is 6.30. The van der Waals surface area contributed by atoms with Gasteiger partial charge in [0.15, 0.2) is 0 Å². The number of unbranched alkanes of at least 4 members (excludes halogenated alkanes) is 1. The monoisotopic (exact) mass is 255 g/mol. The Morgan fingerprint density at radius 1 is 1.53 bits per heavy atom. The third-order valence-corrected chi connectivity index (χ3v) is 2.92. The van der Waals surface area contributed by atoms with Crippen molar-refractivity contribution in [3.63, 3.8) is 0 Å². The van der Waals surface area contributed by atoms with Crippen LogP contribution in [0.4, 0.5) is 4.39 Å². The van der Waals surface area contributed by atoms with Crippen molar-refractivity contribution in [2.75, 3.05) is 6.54 Å². The van der Waals surface area contributed by atoms with Crippen molar-refractivity contribution >= 4 is 11.6 Å². The predicted molar refractivity (Wildman–Crippen MR) is 71.9 cm³/mol. The molecule has 94 valence electrons. The molecule has 1 N–H and O–H groups in total. The zero-order valence-electron chi connectivity index (χ0n) is 10.2. The average molecular weight is 256 g/mol. The number of hydrogen-bond acceptors (Lipinski definition) is 1. The van der Waals surface area contributed by atoms with Crippen LogP contribution >= 0.6 is 11.6 Å². The van der Waals surface area contributed by atoms with Gasteiger partial charge in [0, 0.05) is 16.6 Å². The van der Waals surface area contributed by atoms with E-state index in [1.807, 2.05) is 13.0 Å². The molecule has 1 aromatic carbocycles. The number of hydrogen-bond donors (Lipinski definition) is 1. The van der Waals surface area contributed by atoms with Gasteiger partial charge in [-0.15, -0.1) is 6.58 Å². The smallest absolute Gasteiger partial charge is 0.128 e. The Hall–Kier alpha value is -0.860. The van der Waals surface area contributed by atoms with Gasteiger partial charge in [-0.2, -0.15) is 0 Å². The van der Waals surface area contributed by atoms with Crippen molar-refractivity contribution in [1.82, 2.24) is 5.32 Å². The van der Waals surface area contributed by atoms with Gasteiger partial charge in [-0.25, -0.2) is 4.39 Å². The van der Waals surface area contributed by atoms with E-state index in [-0.39, 0.29) is 11.9 Å². The maximum Gasteiger partial charge on any atom is 0.128 e. The zero-order chi connectivity index (χ0) is 12.7.